The average molecular weight is 254 g/mol. The van der Waals surface area contributed by atoms with Crippen molar-refractivity contribution in [3.63, 3.8) is 0 Å². The molecule has 1 N–H and O–H groups in total. The lowest BCUT2D eigenvalue weighted by molar-refractivity contribution is -0.138. The third-order valence-electron chi connectivity index (χ3n) is 3.38. The fourth-order valence-electron chi connectivity index (χ4n) is 2.43. The molecule has 4 nitrogen and oxygen atoms in total. The third-order valence-corrected chi connectivity index (χ3v) is 4.38. The van der Waals surface area contributed by atoms with Crippen molar-refractivity contribution in [2.75, 3.05) is 13.1 Å². The fraction of sp³-hybridized carbons (Fsp3) is 0.667. The maximum atomic E-state index is 10.8. The molecule has 1 unspecified atom stereocenters. The first-order chi connectivity index (χ1) is 8.16. The highest BCUT2D eigenvalue weighted by Crippen LogP contribution is 2.21. The minimum atomic E-state index is -0.684. The van der Waals surface area contributed by atoms with Gasteiger partial charge in [0, 0.05) is 17.5 Å². The molecule has 0 bridgehead atoms. The molecule has 0 saturated carbocycles. The second-order valence-corrected chi connectivity index (χ2v) is 5.48. The van der Waals surface area contributed by atoms with Crippen LogP contribution < -0.4 is 0 Å². The Hall–Kier alpha value is -0.940. The first-order valence-electron chi connectivity index (χ1n) is 6.01. The molecule has 1 aromatic rings. The van der Waals surface area contributed by atoms with Gasteiger partial charge in [-0.1, -0.05) is 0 Å². The lowest BCUT2D eigenvalue weighted by atomic mass is 10.1. The molecule has 5 heteroatoms. The highest BCUT2D eigenvalue weighted by Gasteiger charge is 2.26. The van der Waals surface area contributed by atoms with Crippen molar-refractivity contribution in [3.05, 3.63) is 16.1 Å². The van der Waals surface area contributed by atoms with E-state index in [1.165, 1.54) is 4.88 Å². The molecule has 1 aliphatic rings. The van der Waals surface area contributed by atoms with Crippen LogP contribution in [0.2, 0.25) is 0 Å². The van der Waals surface area contributed by atoms with Gasteiger partial charge in [0.25, 0.3) is 0 Å². The minimum Gasteiger partial charge on any atom is -0.481 e. The Morgan fingerprint density at radius 2 is 2.53 bits per heavy atom. The van der Waals surface area contributed by atoms with Gasteiger partial charge in [-0.15, -0.1) is 11.3 Å². The molecule has 0 amide bonds. The predicted molar refractivity (Wildman–Crippen MR) is 67.4 cm³/mol. The third kappa shape index (κ3) is 3.26. The van der Waals surface area contributed by atoms with Gasteiger partial charge in [0.05, 0.1) is 17.6 Å². The van der Waals surface area contributed by atoms with E-state index in [0.29, 0.717) is 0 Å². The smallest absolute Gasteiger partial charge is 0.304 e. The summed E-state index contributed by atoms with van der Waals surface area (Å²) in [5, 5.41) is 8.85. The summed E-state index contributed by atoms with van der Waals surface area (Å²) in [6.45, 7) is 4.03. The highest BCUT2D eigenvalue weighted by molar-refractivity contribution is 7.09. The van der Waals surface area contributed by atoms with Crippen LogP contribution >= 0.6 is 11.3 Å². The van der Waals surface area contributed by atoms with Gasteiger partial charge in [-0.25, -0.2) is 4.98 Å². The number of aryl methyl sites for hydroxylation is 1. The number of aliphatic carboxylic acids is 1. The largest absolute Gasteiger partial charge is 0.481 e. The van der Waals surface area contributed by atoms with Gasteiger partial charge in [-0.3, -0.25) is 9.69 Å². The van der Waals surface area contributed by atoms with Crippen molar-refractivity contribution in [1.29, 1.82) is 0 Å². The summed E-state index contributed by atoms with van der Waals surface area (Å²) in [5.41, 5.74) is 2.99. The minimum absolute atomic E-state index is 0.237. The molecule has 2 rings (SSSR count). The molecule has 0 spiro atoms. The van der Waals surface area contributed by atoms with Crippen molar-refractivity contribution in [1.82, 2.24) is 9.88 Å². The van der Waals surface area contributed by atoms with Crippen molar-refractivity contribution >= 4 is 17.3 Å². The average Bonchev–Trinajstić information content (AvgIpc) is 2.84. The van der Waals surface area contributed by atoms with Crippen LogP contribution in [0.25, 0.3) is 0 Å². The molecular formula is C12H18N2O2S. The molecule has 0 radical (unpaired) electrons. The second-order valence-electron chi connectivity index (χ2n) is 4.54. The van der Waals surface area contributed by atoms with Gasteiger partial charge >= 0.3 is 5.97 Å². The van der Waals surface area contributed by atoms with Crippen molar-refractivity contribution < 1.29 is 9.90 Å². The van der Waals surface area contributed by atoms with Gasteiger partial charge in [0.2, 0.25) is 0 Å². The lowest BCUT2D eigenvalue weighted by Gasteiger charge is -2.22. The Balaban J connectivity index is 1.86. The van der Waals surface area contributed by atoms with E-state index in [0.717, 1.165) is 38.0 Å². The van der Waals surface area contributed by atoms with Gasteiger partial charge < -0.3 is 5.11 Å². The number of hydrogen-bond acceptors (Lipinski definition) is 4. The van der Waals surface area contributed by atoms with Crippen molar-refractivity contribution in [2.45, 2.75) is 38.6 Å². The van der Waals surface area contributed by atoms with E-state index < -0.39 is 5.97 Å². The zero-order valence-corrected chi connectivity index (χ0v) is 10.9. The van der Waals surface area contributed by atoms with Gasteiger partial charge in [-0.2, -0.15) is 0 Å². The van der Waals surface area contributed by atoms with Crippen LogP contribution in [0.1, 0.15) is 29.8 Å². The first kappa shape index (κ1) is 12.5. The molecule has 1 aromatic heterocycles. The second kappa shape index (κ2) is 5.60. The van der Waals surface area contributed by atoms with Crippen LogP contribution in [0.4, 0.5) is 0 Å². The molecule has 1 atom stereocenters. The van der Waals surface area contributed by atoms with Crippen LogP contribution in [-0.2, 0) is 11.2 Å². The number of carboxylic acids is 1. The van der Waals surface area contributed by atoms with Crippen LogP contribution in [0.15, 0.2) is 5.51 Å². The molecule has 0 aliphatic carbocycles. The molecule has 17 heavy (non-hydrogen) atoms. The number of hydrogen-bond donors (Lipinski definition) is 1. The highest BCUT2D eigenvalue weighted by atomic mass is 32.1. The number of carbonyl (C=O) groups is 1. The summed E-state index contributed by atoms with van der Waals surface area (Å²) >= 11 is 1.69. The number of carboxylic acid groups (broad SMARTS) is 1. The van der Waals surface area contributed by atoms with Crippen molar-refractivity contribution in [2.24, 2.45) is 0 Å². The van der Waals surface area contributed by atoms with E-state index in [1.54, 1.807) is 11.3 Å². The maximum absolute atomic E-state index is 10.8. The summed E-state index contributed by atoms with van der Waals surface area (Å²) < 4.78 is 0. The van der Waals surface area contributed by atoms with Crippen LogP contribution in [-0.4, -0.2) is 40.1 Å². The van der Waals surface area contributed by atoms with Crippen LogP contribution in [0.5, 0.6) is 0 Å². The zero-order valence-electron chi connectivity index (χ0n) is 10.1. The summed E-state index contributed by atoms with van der Waals surface area (Å²) in [5.74, 6) is -0.684. The topological polar surface area (TPSA) is 53.4 Å². The van der Waals surface area contributed by atoms with E-state index in [4.69, 9.17) is 5.11 Å². The number of rotatable bonds is 5. The molecule has 1 aliphatic heterocycles. The molecular weight excluding hydrogens is 236 g/mol. The van der Waals surface area contributed by atoms with Gasteiger partial charge in [0.1, 0.15) is 0 Å². The normalized spacial score (nSPS) is 20.9. The van der Waals surface area contributed by atoms with E-state index in [2.05, 4.69) is 9.88 Å². The Bertz CT molecular complexity index is 392. The van der Waals surface area contributed by atoms with Crippen molar-refractivity contribution in [3.8, 4) is 0 Å². The van der Waals surface area contributed by atoms with E-state index in [-0.39, 0.29) is 12.5 Å². The first-order valence-corrected chi connectivity index (χ1v) is 6.89. The van der Waals surface area contributed by atoms with E-state index >= 15 is 0 Å². The predicted octanol–water partition coefficient (Wildman–Crippen LogP) is 1.93. The maximum Gasteiger partial charge on any atom is 0.304 e. The monoisotopic (exact) mass is 254 g/mol. The quantitative estimate of drug-likeness (QED) is 0.872. The zero-order chi connectivity index (χ0) is 12.3. The Morgan fingerprint density at radius 1 is 1.71 bits per heavy atom. The summed E-state index contributed by atoms with van der Waals surface area (Å²) in [4.78, 5) is 18.6. The fourth-order valence-corrected chi connectivity index (χ4v) is 3.20. The summed E-state index contributed by atoms with van der Waals surface area (Å²) in [6.07, 6.45) is 3.42. The standard InChI is InChI=1S/C12H18N2O2S/c1-9-11(17-8-13-9)4-6-14-5-2-3-10(14)7-12(15)16/h8,10H,2-7H2,1H3,(H,15,16). The number of aromatic nitrogens is 1. The number of thiazole rings is 1. The molecule has 2 heterocycles. The molecule has 1 saturated heterocycles. The van der Waals surface area contributed by atoms with Gasteiger partial charge in [-0.05, 0) is 32.7 Å². The SMILES string of the molecule is Cc1ncsc1CCN1CCCC1CC(=O)O. The van der Waals surface area contributed by atoms with Crippen LogP contribution in [0, 0.1) is 6.92 Å². The van der Waals surface area contributed by atoms with E-state index in [1.807, 2.05) is 12.4 Å². The Morgan fingerprint density at radius 3 is 3.18 bits per heavy atom. The molecule has 1 fully saturated rings. The Labute approximate surface area is 105 Å². The summed E-state index contributed by atoms with van der Waals surface area (Å²) in [7, 11) is 0. The Kier molecular flexibility index (Phi) is 4.12. The van der Waals surface area contributed by atoms with Gasteiger partial charge in [0.15, 0.2) is 0 Å². The van der Waals surface area contributed by atoms with E-state index in [9.17, 15) is 4.79 Å². The lowest BCUT2D eigenvalue weighted by Crippen LogP contribution is -2.33. The molecule has 0 aromatic carbocycles. The number of nitrogens with zero attached hydrogens (tertiary/aromatic N) is 2. The van der Waals surface area contributed by atoms with Crippen LogP contribution in [0.3, 0.4) is 0 Å². The number of likely N-dealkylation sites (tertiary alicyclic amines) is 1. The summed E-state index contributed by atoms with van der Waals surface area (Å²) in [6, 6.07) is 0.237. The molecule has 94 valence electrons.